The Kier molecular flexibility index (Phi) is 10.0. The van der Waals surface area contributed by atoms with Gasteiger partial charge in [0, 0.05) is 45.0 Å². The number of aromatic nitrogens is 8. The van der Waals surface area contributed by atoms with Crippen molar-refractivity contribution in [3.05, 3.63) is 147 Å². The Morgan fingerprint density at radius 3 is 1.50 bits per heavy atom. The van der Waals surface area contributed by atoms with E-state index in [2.05, 4.69) is 30.2 Å². The summed E-state index contributed by atoms with van der Waals surface area (Å²) >= 11 is 0. The lowest BCUT2D eigenvalue weighted by Gasteiger charge is -2.16. The lowest BCUT2D eigenvalue weighted by molar-refractivity contribution is 0.786. The molecule has 0 unspecified atom stereocenters. The molecule has 4 aromatic carbocycles. The highest BCUT2D eigenvalue weighted by molar-refractivity contribution is 5.85. The third-order valence-electron chi connectivity index (χ3n) is 10.9. The number of anilines is 3. The lowest BCUT2D eigenvalue weighted by atomic mass is 10.1. The molecule has 2 N–H and O–H groups in total. The molecule has 0 aliphatic carbocycles. The molecule has 0 bridgehead atoms. The second-order valence-electron chi connectivity index (χ2n) is 14.9. The third-order valence-corrected chi connectivity index (χ3v) is 10.9. The van der Waals surface area contributed by atoms with Gasteiger partial charge >= 0.3 is 0 Å². The summed E-state index contributed by atoms with van der Waals surface area (Å²) in [5, 5.41) is 19.0. The number of benzene rings is 4. The van der Waals surface area contributed by atoms with Crippen molar-refractivity contribution in [3.8, 4) is 0 Å². The average Bonchev–Trinajstić information content (AvgIpc) is 4.09. The number of aryl methyl sites for hydroxylation is 1. The number of nitrogens with zero attached hydrogens (tertiary/aromatic N) is 10. The summed E-state index contributed by atoms with van der Waals surface area (Å²) in [6, 6.07) is 31.5. The zero-order valence-electron chi connectivity index (χ0n) is 32.5. The van der Waals surface area contributed by atoms with Gasteiger partial charge in [-0.3, -0.25) is 18.7 Å². The first kappa shape index (κ1) is 36.6. The van der Waals surface area contributed by atoms with Gasteiger partial charge in [0.05, 0.1) is 21.8 Å². The van der Waals surface area contributed by atoms with Crippen molar-refractivity contribution in [3.63, 3.8) is 0 Å². The Balaban J connectivity index is 0.000000150. The number of allylic oxidation sites excluding steroid dienone is 2. The molecule has 10 rings (SSSR count). The van der Waals surface area contributed by atoms with Gasteiger partial charge in [0.2, 0.25) is 23.5 Å². The predicted molar refractivity (Wildman–Crippen MR) is 233 cm³/mol. The smallest absolute Gasteiger partial charge is 0.263 e. The molecule has 2 aliphatic rings. The van der Waals surface area contributed by atoms with Crippen molar-refractivity contribution in [2.45, 2.75) is 45.7 Å². The highest BCUT2D eigenvalue weighted by atomic mass is 16.1. The molecule has 0 amide bonds. The van der Waals surface area contributed by atoms with Gasteiger partial charge in [0.15, 0.2) is 0 Å². The van der Waals surface area contributed by atoms with Crippen LogP contribution in [0.15, 0.2) is 119 Å². The molecule has 0 saturated carbocycles. The van der Waals surface area contributed by atoms with Gasteiger partial charge in [-0.1, -0.05) is 96.6 Å². The zero-order chi connectivity index (χ0) is 39.6. The van der Waals surface area contributed by atoms with Crippen molar-refractivity contribution in [1.29, 1.82) is 0 Å². The van der Waals surface area contributed by atoms with E-state index in [1.54, 1.807) is 15.2 Å². The van der Waals surface area contributed by atoms with E-state index in [9.17, 15) is 9.59 Å². The first-order chi connectivity index (χ1) is 28.4. The largest absolute Gasteiger partial charge is 0.399 e. The van der Waals surface area contributed by atoms with Gasteiger partial charge in [-0.2, -0.15) is 0 Å². The number of fused-ring (bicyclic) bond motifs is 6. The van der Waals surface area contributed by atoms with Crippen LogP contribution in [0.25, 0.3) is 45.5 Å². The number of hydrogen-bond donors (Lipinski definition) is 1. The van der Waals surface area contributed by atoms with Crippen LogP contribution in [0.3, 0.4) is 0 Å². The summed E-state index contributed by atoms with van der Waals surface area (Å²) < 4.78 is 7.40. The molecule has 4 aromatic heterocycles. The Hall–Kier alpha value is -7.02. The van der Waals surface area contributed by atoms with Crippen LogP contribution in [-0.4, -0.2) is 64.5 Å². The van der Waals surface area contributed by atoms with Crippen LogP contribution >= 0.6 is 0 Å². The maximum Gasteiger partial charge on any atom is 0.263 e. The molecule has 13 heteroatoms. The van der Waals surface area contributed by atoms with Crippen molar-refractivity contribution in [2.75, 3.05) is 41.7 Å². The minimum absolute atomic E-state index is 0.0331. The summed E-state index contributed by atoms with van der Waals surface area (Å²) in [4.78, 5) is 31.0. The Morgan fingerprint density at radius 2 is 1.02 bits per heavy atom. The molecule has 292 valence electrons. The molecule has 6 heterocycles. The second-order valence-corrected chi connectivity index (χ2v) is 14.9. The standard InChI is InChI=1S/C23H23N5O.C22H22N6O/c1-17-11-12-20-19(16-17)21(29)27(15-7-10-18-8-3-2-4-9-18)23-25-24-22(28(20)23)26-13-5-6-14-26;23-17-10-11-19-18(15-17)20(29)27(14-6-9-16-7-2-1-3-8-16)22-25-24-21(28(19)22)26-12-4-5-13-26/h2-4,7-12,16H,5-6,13-15H2,1H3;1-3,6-11,15H,4-5,12-14,23H2. The topological polar surface area (TPSA) is 137 Å². The van der Waals surface area contributed by atoms with Crippen molar-refractivity contribution in [2.24, 2.45) is 0 Å². The summed E-state index contributed by atoms with van der Waals surface area (Å²) in [5.74, 6) is 2.75. The highest BCUT2D eigenvalue weighted by Crippen LogP contribution is 2.26. The Labute approximate surface area is 334 Å². The maximum absolute atomic E-state index is 13.3. The van der Waals surface area contributed by atoms with E-state index in [0.717, 1.165) is 91.5 Å². The fourth-order valence-corrected chi connectivity index (χ4v) is 8.01. The fourth-order valence-electron chi connectivity index (χ4n) is 8.01. The Bertz CT molecular complexity index is 2730. The molecule has 2 fully saturated rings. The van der Waals surface area contributed by atoms with Crippen LogP contribution in [0.1, 0.15) is 42.4 Å². The van der Waals surface area contributed by atoms with Gasteiger partial charge in [-0.05, 0) is 74.1 Å². The first-order valence-corrected chi connectivity index (χ1v) is 19.9. The minimum Gasteiger partial charge on any atom is -0.399 e. The van der Waals surface area contributed by atoms with Crippen molar-refractivity contribution >= 4 is 63.1 Å². The number of hydrogen-bond acceptors (Lipinski definition) is 9. The van der Waals surface area contributed by atoms with E-state index in [1.165, 1.54) is 0 Å². The van der Waals surface area contributed by atoms with Crippen LogP contribution < -0.4 is 26.7 Å². The fraction of sp³-hybridized carbons (Fsp3) is 0.244. The van der Waals surface area contributed by atoms with Crippen LogP contribution in [0.2, 0.25) is 0 Å². The SMILES string of the molecule is Cc1ccc2c(c1)c(=O)n(CC=Cc1ccccc1)c1nnc(N3CCCC3)n21.Nc1ccc2c(c1)c(=O)n(CC=Cc1ccccc1)c1nnc(N3CCCC3)n21. The highest BCUT2D eigenvalue weighted by Gasteiger charge is 2.24. The summed E-state index contributed by atoms with van der Waals surface area (Å²) in [7, 11) is 0. The molecule has 13 nitrogen and oxygen atoms in total. The molecule has 2 aliphatic heterocycles. The zero-order valence-corrected chi connectivity index (χ0v) is 32.5. The van der Waals surface area contributed by atoms with Crippen molar-refractivity contribution < 1.29 is 0 Å². The van der Waals surface area contributed by atoms with Crippen LogP contribution in [0.4, 0.5) is 17.6 Å². The molecular formula is C45H45N11O2. The van der Waals surface area contributed by atoms with Crippen LogP contribution in [0.5, 0.6) is 0 Å². The van der Waals surface area contributed by atoms with E-state index >= 15 is 0 Å². The predicted octanol–water partition coefficient (Wildman–Crippen LogP) is 6.61. The summed E-state index contributed by atoms with van der Waals surface area (Å²) in [6.45, 7) is 6.70. The maximum atomic E-state index is 13.3. The van der Waals surface area contributed by atoms with Crippen LogP contribution in [-0.2, 0) is 13.1 Å². The number of nitrogens with two attached hydrogens (primary N) is 1. The Morgan fingerprint density at radius 1 is 0.569 bits per heavy atom. The quantitative estimate of drug-likeness (QED) is 0.169. The molecule has 58 heavy (non-hydrogen) atoms. The molecule has 0 radical (unpaired) electrons. The van der Waals surface area contributed by atoms with E-state index in [-0.39, 0.29) is 11.1 Å². The number of rotatable bonds is 8. The van der Waals surface area contributed by atoms with Gasteiger partial charge < -0.3 is 15.5 Å². The third kappa shape index (κ3) is 6.99. The lowest BCUT2D eigenvalue weighted by Crippen LogP contribution is -2.25. The number of nitrogen functional groups attached to an aromatic ring is 1. The van der Waals surface area contributed by atoms with Gasteiger partial charge in [0.1, 0.15) is 0 Å². The minimum atomic E-state index is -0.113. The van der Waals surface area contributed by atoms with E-state index < -0.39 is 0 Å². The second kappa shape index (κ2) is 15.8. The van der Waals surface area contributed by atoms with E-state index in [0.29, 0.717) is 41.1 Å². The monoisotopic (exact) mass is 771 g/mol. The average molecular weight is 772 g/mol. The van der Waals surface area contributed by atoms with Gasteiger partial charge in [-0.25, -0.2) is 8.80 Å². The molecule has 0 atom stereocenters. The van der Waals surface area contributed by atoms with Crippen molar-refractivity contribution in [1.82, 2.24) is 38.3 Å². The normalized spacial score (nSPS) is 14.6. The summed E-state index contributed by atoms with van der Waals surface area (Å²) in [6.07, 6.45) is 12.6. The first-order valence-electron chi connectivity index (χ1n) is 19.9. The molecule has 2 saturated heterocycles. The van der Waals surface area contributed by atoms with E-state index in [1.807, 2.05) is 131 Å². The van der Waals surface area contributed by atoms with Crippen LogP contribution in [0, 0.1) is 6.92 Å². The van der Waals surface area contributed by atoms with Gasteiger partial charge in [-0.15, -0.1) is 20.4 Å². The molecule has 0 spiro atoms. The summed E-state index contributed by atoms with van der Waals surface area (Å²) in [5.41, 5.74) is 11.3. The molecular weight excluding hydrogens is 727 g/mol. The van der Waals surface area contributed by atoms with Gasteiger partial charge in [0.25, 0.3) is 11.1 Å². The van der Waals surface area contributed by atoms with E-state index in [4.69, 9.17) is 5.73 Å². The molecule has 8 aromatic rings.